The molecule has 0 bridgehead atoms. The second-order valence-corrected chi connectivity index (χ2v) is 4.60. The summed E-state index contributed by atoms with van der Waals surface area (Å²) in [7, 11) is 3.16. The van der Waals surface area contributed by atoms with Gasteiger partial charge in [0.15, 0.2) is 0 Å². The quantitative estimate of drug-likeness (QED) is 0.851. The van der Waals surface area contributed by atoms with Gasteiger partial charge in [0, 0.05) is 18.9 Å². The van der Waals surface area contributed by atoms with Gasteiger partial charge in [0.1, 0.15) is 11.4 Å². The first-order chi connectivity index (χ1) is 8.97. The molecule has 2 rings (SSSR count). The molecule has 2 aromatic rings. The summed E-state index contributed by atoms with van der Waals surface area (Å²) < 4.78 is 15.8. The normalized spacial score (nSPS) is 11.6. The van der Waals surface area contributed by atoms with E-state index < -0.39 is 5.60 Å². The van der Waals surface area contributed by atoms with Gasteiger partial charge < -0.3 is 19.7 Å². The average molecular weight is 263 g/mol. The number of ether oxygens (including phenoxy) is 2. The summed E-state index contributed by atoms with van der Waals surface area (Å²) in [5.41, 5.74) is 6.41. The van der Waals surface area contributed by atoms with Crippen molar-refractivity contribution in [1.82, 2.24) is 10.1 Å². The molecule has 6 nitrogen and oxygen atoms in total. The number of nitrogens with zero attached hydrogens (tertiary/aromatic N) is 2. The van der Waals surface area contributed by atoms with Crippen molar-refractivity contribution in [1.29, 1.82) is 0 Å². The number of aromatic nitrogens is 2. The summed E-state index contributed by atoms with van der Waals surface area (Å²) in [4.78, 5) is 4.34. The van der Waals surface area contributed by atoms with E-state index in [2.05, 4.69) is 10.1 Å². The van der Waals surface area contributed by atoms with Crippen LogP contribution in [0.5, 0.6) is 5.75 Å². The minimum Gasteiger partial charge on any atom is -0.496 e. The first-order valence-electron chi connectivity index (χ1n) is 5.81. The molecule has 0 amide bonds. The molecule has 0 saturated heterocycles. The van der Waals surface area contributed by atoms with E-state index in [-0.39, 0.29) is 0 Å². The molecule has 102 valence electrons. The van der Waals surface area contributed by atoms with Crippen LogP contribution in [0.25, 0.3) is 11.5 Å². The highest BCUT2D eigenvalue weighted by Crippen LogP contribution is 2.32. The standard InChI is InChI=1S/C13H17N3O3/c1-13(2,18-4)12-15-11(19-16-12)9-6-5-8(14)7-10(9)17-3/h5-7H,14H2,1-4H3. The molecule has 0 radical (unpaired) electrons. The van der Waals surface area contributed by atoms with Crippen molar-refractivity contribution in [2.24, 2.45) is 0 Å². The van der Waals surface area contributed by atoms with Crippen molar-refractivity contribution in [2.75, 3.05) is 20.0 Å². The summed E-state index contributed by atoms with van der Waals surface area (Å²) in [5, 5.41) is 3.94. The largest absolute Gasteiger partial charge is 0.496 e. The van der Waals surface area contributed by atoms with E-state index in [1.54, 1.807) is 32.4 Å². The van der Waals surface area contributed by atoms with Crippen molar-refractivity contribution < 1.29 is 14.0 Å². The van der Waals surface area contributed by atoms with E-state index in [1.165, 1.54) is 0 Å². The molecule has 0 aliphatic carbocycles. The van der Waals surface area contributed by atoms with E-state index >= 15 is 0 Å². The molecule has 0 saturated carbocycles. The van der Waals surface area contributed by atoms with Gasteiger partial charge >= 0.3 is 0 Å². The van der Waals surface area contributed by atoms with Gasteiger partial charge in [-0.2, -0.15) is 4.98 Å². The van der Waals surface area contributed by atoms with E-state index in [9.17, 15) is 0 Å². The lowest BCUT2D eigenvalue weighted by Crippen LogP contribution is -2.21. The molecule has 0 aliphatic rings. The van der Waals surface area contributed by atoms with Gasteiger partial charge in [-0.3, -0.25) is 0 Å². The van der Waals surface area contributed by atoms with Crippen LogP contribution in [0.3, 0.4) is 0 Å². The minimum atomic E-state index is -0.608. The molecule has 0 atom stereocenters. The highest BCUT2D eigenvalue weighted by atomic mass is 16.5. The van der Waals surface area contributed by atoms with Crippen molar-refractivity contribution in [3.8, 4) is 17.2 Å². The van der Waals surface area contributed by atoms with E-state index in [0.717, 1.165) is 0 Å². The summed E-state index contributed by atoms with van der Waals surface area (Å²) in [6.07, 6.45) is 0. The number of methoxy groups -OCH3 is 2. The Balaban J connectivity index is 2.44. The fraction of sp³-hybridized carbons (Fsp3) is 0.385. The molecule has 0 unspecified atom stereocenters. The number of benzene rings is 1. The van der Waals surface area contributed by atoms with E-state index in [0.29, 0.717) is 28.7 Å². The van der Waals surface area contributed by atoms with Crippen LogP contribution in [-0.4, -0.2) is 24.4 Å². The maximum absolute atomic E-state index is 5.71. The molecule has 1 aromatic heterocycles. The van der Waals surface area contributed by atoms with Crippen LogP contribution in [0.1, 0.15) is 19.7 Å². The summed E-state index contributed by atoms with van der Waals surface area (Å²) in [6.45, 7) is 3.73. The molecule has 1 heterocycles. The van der Waals surface area contributed by atoms with Gasteiger partial charge in [0.2, 0.25) is 5.82 Å². The van der Waals surface area contributed by atoms with Gasteiger partial charge in [0.25, 0.3) is 5.89 Å². The third kappa shape index (κ3) is 2.53. The summed E-state index contributed by atoms with van der Waals surface area (Å²) in [5.74, 6) is 1.44. The molecule has 2 N–H and O–H groups in total. The Morgan fingerprint density at radius 2 is 2.00 bits per heavy atom. The van der Waals surface area contributed by atoms with Crippen LogP contribution >= 0.6 is 0 Å². The maximum Gasteiger partial charge on any atom is 0.261 e. The van der Waals surface area contributed by atoms with Gasteiger partial charge in [-0.25, -0.2) is 0 Å². The fourth-order valence-electron chi connectivity index (χ4n) is 1.55. The number of anilines is 1. The first-order valence-corrected chi connectivity index (χ1v) is 5.81. The summed E-state index contributed by atoms with van der Waals surface area (Å²) >= 11 is 0. The molecular formula is C13H17N3O3. The predicted molar refractivity (Wildman–Crippen MR) is 70.7 cm³/mol. The molecule has 1 aromatic carbocycles. The molecule has 6 heteroatoms. The zero-order valence-electron chi connectivity index (χ0n) is 11.4. The zero-order chi connectivity index (χ0) is 14.0. The Hall–Kier alpha value is -2.08. The van der Waals surface area contributed by atoms with Crippen molar-refractivity contribution in [3.63, 3.8) is 0 Å². The number of hydrogen-bond acceptors (Lipinski definition) is 6. The number of rotatable bonds is 4. The van der Waals surface area contributed by atoms with Crippen LogP contribution < -0.4 is 10.5 Å². The van der Waals surface area contributed by atoms with E-state index in [1.807, 2.05) is 13.8 Å². The van der Waals surface area contributed by atoms with Crippen LogP contribution in [0.2, 0.25) is 0 Å². The second kappa shape index (κ2) is 4.89. The van der Waals surface area contributed by atoms with Crippen LogP contribution in [0, 0.1) is 0 Å². The third-order valence-corrected chi connectivity index (χ3v) is 2.93. The maximum atomic E-state index is 5.71. The minimum absolute atomic E-state index is 0.372. The van der Waals surface area contributed by atoms with Crippen LogP contribution in [-0.2, 0) is 10.3 Å². The smallest absolute Gasteiger partial charge is 0.261 e. The van der Waals surface area contributed by atoms with Gasteiger partial charge in [0.05, 0.1) is 12.7 Å². The van der Waals surface area contributed by atoms with Crippen LogP contribution in [0.15, 0.2) is 22.7 Å². The molecular weight excluding hydrogens is 246 g/mol. The number of hydrogen-bond donors (Lipinski definition) is 1. The van der Waals surface area contributed by atoms with Crippen molar-refractivity contribution >= 4 is 5.69 Å². The topological polar surface area (TPSA) is 83.4 Å². The SMILES string of the molecule is COc1cc(N)ccc1-c1nc(C(C)(C)OC)no1. The molecule has 0 fully saturated rings. The highest BCUT2D eigenvalue weighted by molar-refractivity contribution is 5.66. The number of nitrogens with two attached hydrogens (primary N) is 1. The lowest BCUT2D eigenvalue weighted by atomic mass is 10.1. The van der Waals surface area contributed by atoms with Gasteiger partial charge in [-0.15, -0.1) is 0 Å². The third-order valence-electron chi connectivity index (χ3n) is 2.93. The van der Waals surface area contributed by atoms with Crippen molar-refractivity contribution in [3.05, 3.63) is 24.0 Å². The Kier molecular flexibility index (Phi) is 3.44. The zero-order valence-corrected chi connectivity index (χ0v) is 11.4. The fourth-order valence-corrected chi connectivity index (χ4v) is 1.55. The summed E-state index contributed by atoms with van der Waals surface area (Å²) in [6, 6.07) is 5.25. The average Bonchev–Trinajstić information content (AvgIpc) is 2.88. The first kappa shape index (κ1) is 13.4. The van der Waals surface area contributed by atoms with E-state index in [4.69, 9.17) is 19.7 Å². The Bertz CT molecular complexity index is 578. The molecule has 19 heavy (non-hydrogen) atoms. The number of nitrogen functional groups attached to an aromatic ring is 1. The lowest BCUT2D eigenvalue weighted by molar-refractivity contribution is 0.00973. The molecule has 0 aliphatic heterocycles. The van der Waals surface area contributed by atoms with Gasteiger partial charge in [-0.1, -0.05) is 5.16 Å². The Labute approximate surface area is 111 Å². The van der Waals surface area contributed by atoms with Gasteiger partial charge in [-0.05, 0) is 26.0 Å². The predicted octanol–water partition coefficient (Wildman–Crippen LogP) is 2.21. The highest BCUT2D eigenvalue weighted by Gasteiger charge is 2.27. The molecule has 0 spiro atoms. The van der Waals surface area contributed by atoms with Crippen LogP contribution in [0.4, 0.5) is 5.69 Å². The van der Waals surface area contributed by atoms with Crippen molar-refractivity contribution in [2.45, 2.75) is 19.4 Å². The monoisotopic (exact) mass is 263 g/mol. The Morgan fingerprint density at radius 1 is 1.26 bits per heavy atom. The second-order valence-electron chi connectivity index (χ2n) is 4.60. The Morgan fingerprint density at radius 3 is 2.63 bits per heavy atom. The lowest BCUT2D eigenvalue weighted by Gasteiger charge is -2.17.